The van der Waals surface area contributed by atoms with Crippen molar-refractivity contribution in [1.82, 2.24) is 8.97 Å². The van der Waals surface area contributed by atoms with E-state index in [9.17, 15) is 9.59 Å². The molecule has 96 valence electrons. The molecule has 0 aliphatic heterocycles. The van der Waals surface area contributed by atoms with Gasteiger partial charge in [-0.05, 0) is 26.0 Å². The number of ketones is 1. The Labute approximate surface area is 109 Å². The molecule has 1 aromatic carbocycles. The third-order valence-corrected chi connectivity index (χ3v) is 3.33. The summed E-state index contributed by atoms with van der Waals surface area (Å²) in [6.07, 6.45) is 1.90. The predicted molar refractivity (Wildman–Crippen MR) is 74.6 cm³/mol. The van der Waals surface area contributed by atoms with Crippen LogP contribution < -0.4 is 5.56 Å². The normalized spacial score (nSPS) is 11.3. The number of aryl methyl sites for hydroxylation is 1. The fraction of sp³-hybridized carbons (Fsp3) is 0.200. The number of carbonyl (C=O) groups excluding carboxylic acids is 1. The van der Waals surface area contributed by atoms with E-state index >= 15 is 0 Å². The van der Waals surface area contributed by atoms with Crippen LogP contribution in [0.2, 0.25) is 0 Å². The minimum Gasteiger partial charge on any atom is -0.310 e. The summed E-state index contributed by atoms with van der Waals surface area (Å²) in [5, 5.41) is 1.03. The second-order valence-corrected chi connectivity index (χ2v) is 4.82. The fourth-order valence-electron chi connectivity index (χ4n) is 2.45. The van der Waals surface area contributed by atoms with Crippen molar-refractivity contribution in [3.05, 3.63) is 52.6 Å². The maximum atomic E-state index is 12.4. The first-order chi connectivity index (χ1) is 9.08. The predicted octanol–water partition coefficient (Wildman–Crippen LogP) is 2.15. The molecule has 3 rings (SSSR count). The summed E-state index contributed by atoms with van der Waals surface area (Å²) in [6, 6.07) is 9.73. The van der Waals surface area contributed by atoms with Crippen molar-refractivity contribution in [1.29, 1.82) is 0 Å². The van der Waals surface area contributed by atoms with Crippen molar-refractivity contribution < 1.29 is 4.79 Å². The van der Waals surface area contributed by atoms with Gasteiger partial charge in [-0.2, -0.15) is 0 Å². The lowest BCUT2D eigenvalue weighted by Crippen LogP contribution is -2.26. The smallest absolute Gasteiger partial charge is 0.275 e. The highest BCUT2D eigenvalue weighted by atomic mass is 16.1. The van der Waals surface area contributed by atoms with Crippen LogP contribution in [0.3, 0.4) is 0 Å². The molecule has 0 amide bonds. The zero-order chi connectivity index (χ0) is 13.6. The first-order valence-corrected chi connectivity index (χ1v) is 6.17. The van der Waals surface area contributed by atoms with E-state index in [0.29, 0.717) is 5.52 Å². The molecule has 19 heavy (non-hydrogen) atoms. The van der Waals surface area contributed by atoms with Gasteiger partial charge in [-0.1, -0.05) is 18.2 Å². The number of para-hydroxylation sites is 1. The molecule has 0 atom stereocenters. The number of nitrogens with zero attached hydrogens (tertiary/aromatic N) is 2. The minimum absolute atomic E-state index is 0.0225. The lowest BCUT2D eigenvalue weighted by Gasteiger charge is -2.09. The van der Waals surface area contributed by atoms with Gasteiger partial charge < -0.3 is 8.97 Å². The topological polar surface area (TPSA) is 43.5 Å². The summed E-state index contributed by atoms with van der Waals surface area (Å²) in [4.78, 5) is 23.7. The number of aromatic nitrogens is 2. The van der Waals surface area contributed by atoms with E-state index < -0.39 is 0 Å². The molecule has 0 aliphatic rings. The molecular weight excluding hydrogens is 240 g/mol. The maximum absolute atomic E-state index is 12.4. The molecule has 4 nitrogen and oxygen atoms in total. The van der Waals surface area contributed by atoms with Crippen LogP contribution in [0.15, 0.2) is 41.3 Å². The molecule has 0 fully saturated rings. The van der Waals surface area contributed by atoms with Gasteiger partial charge in [0.25, 0.3) is 5.56 Å². The SMILES string of the molecule is CC(=O)Cn1c(C)cn2c(cc3ccccc32)c1=O. The quantitative estimate of drug-likeness (QED) is 0.703. The van der Waals surface area contributed by atoms with Crippen molar-refractivity contribution in [3.63, 3.8) is 0 Å². The second-order valence-electron chi connectivity index (χ2n) is 4.82. The van der Waals surface area contributed by atoms with Crippen molar-refractivity contribution in [2.45, 2.75) is 20.4 Å². The van der Waals surface area contributed by atoms with Crippen LogP contribution in [0, 0.1) is 6.92 Å². The van der Waals surface area contributed by atoms with E-state index in [1.54, 1.807) is 0 Å². The molecule has 0 saturated heterocycles. The largest absolute Gasteiger partial charge is 0.310 e. The Morgan fingerprint density at radius 2 is 1.95 bits per heavy atom. The maximum Gasteiger partial charge on any atom is 0.275 e. The van der Waals surface area contributed by atoms with Crippen LogP contribution in [0.1, 0.15) is 12.6 Å². The van der Waals surface area contributed by atoms with E-state index in [4.69, 9.17) is 0 Å². The zero-order valence-electron chi connectivity index (χ0n) is 10.9. The number of carbonyl (C=O) groups is 1. The molecule has 0 aliphatic carbocycles. The Morgan fingerprint density at radius 3 is 2.68 bits per heavy atom. The standard InChI is InChI=1S/C15H14N2O2/c1-10-8-17-13-6-4-3-5-12(13)7-14(17)15(19)16(10)9-11(2)18/h3-8H,9H2,1-2H3. The van der Waals surface area contributed by atoms with E-state index in [-0.39, 0.29) is 17.9 Å². The Hall–Kier alpha value is -2.36. The highest BCUT2D eigenvalue weighted by molar-refractivity contribution is 5.87. The van der Waals surface area contributed by atoms with E-state index in [0.717, 1.165) is 16.6 Å². The number of Topliss-reactive ketones (excluding diaryl/α,β-unsaturated/α-hetero) is 1. The fourth-order valence-corrected chi connectivity index (χ4v) is 2.45. The highest BCUT2D eigenvalue weighted by Crippen LogP contribution is 2.18. The average molecular weight is 254 g/mol. The lowest BCUT2D eigenvalue weighted by atomic mass is 10.2. The summed E-state index contributed by atoms with van der Waals surface area (Å²) in [7, 11) is 0. The van der Waals surface area contributed by atoms with Gasteiger partial charge in [0.2, 0.25) is 0 Å². The molecule has 0 unspecified atom stereocenters. The summed E-state index contributed by atoms with van der Waals surface area (Å²) in [5.74, 6) is -0.0225. The van der Waals surface area contributed by atoms with Gasteiger partial charge in [-0.15, -0.1) is 0 Å². The number of hydrogen-bond donors (Lipinski definition) is 0. The monoisotopic (exact) mass is 254 g/mol. The number of hydrogen-bond acceptors (Lipinski definition) is 2. The van der Waals surface area contributed by atoms with Crippen LogP contribution in [-0.2, 0) is 11.3 Å². The molecule has 2 aromatic heterocycles. The lowest BCUT2D eigenvalue weighted by molar-refractivity contribution is -0.117. The van der Waals surface area contributed by atoms with E-state index in [1.165, 1.54) is 11.5 Å². The molecule has 3 aromatic rings. The van der Waals surface area contributed by atoms with Crippen LogP contribution in [0.25, 0.3) is 16.4 Å². The molecule has 0 N–H and O–H groups in total. The van der Waals surface area contributed by atoms with Crippen molar-refractivity contribution in [2.75, 3.05) is 0 Å². The van der Waals surface area contributed by atoms with Crippen molar-refractivity contribution >= 4 is 22.2 Å². The summed E-state index contributed by atoms with van der Waals surface area (Å²) < 4.78 is 3.42. The average Bonchev–Trinajstić information content (AvgIpc) is 2.73. The molecule has 4 heteroatoms. The molecule has 2 heterocycles. The Morgan fingerprint density at radius 1 is 1.21 bits per heavy atom. The number of rotatable bonds is 2. The Balaban J connectivity index is 2.42. The van der Waals surface area contributed by atoms with Crippen LogP contribution in [0.5, 0.6) is 0 Å². The molecular formula is C15H14N2O2. The summed E-state index contributed by atoms with van der Waals surface area (Å²) >= 11 is 0. The van der Waals surface area contributed by atoms with Gasteiger partial charge in [0.1, 0.15) is 11.3 Å². The van der Waals surface area contributed by atoms with Gasteiger partial charge in [0.15, 0.2) is 0 Å². The van der Waals surface area contributed by atoms with Gasteiger partial charge in [-0.25, -0.2) is 0 Å². The first kappa shape index (κ1) is 11.7. The molecule has 0 saturated carbocycles. The third-order valence-electron chi connectivity index (χ3n) is 3.33. The van der Waals surface area contributed by atoms with Gasteiger partial charge in [-0.3, -0.25) is 9.59 Å². The molecule has 0 radical (unpaired) electrons. The highest BCUT2D eigenvalue weighted by Gasteiger charge is 2.11. The minimum atomic E-state index is -0.119. The van der Waals surface area contributed by atoms with E-state index in [2.05, 4.69) is 0 Å². The van der Waals surface area contributed by atoms with Gasteiger partial charge in [0, 0.05) is 17.3 Å². The van der Waals surface area contributed by atoms with E-state index in [1.807, 2.05) is 47.9 Å². The Kier molecular flexibility index (Phi) is 2.52. The van der Waals surface area contributed by atoms with Crippen molar-refractivity contribution in [2.24, 2.45) is 0 Å². The molecule has 0 spiro atoms. The first-order valence-electron chi connectivity index (χ1n) is 6.17. The third kappa shape index (κ3) is 1.76. The van der Waals surface area contributed by atoms with Crippen molar-refractivity contribution in [3.8, 4) is 0 Å². The molecule has 0 bridgehead atoms. The van der Waals surface area contributed by atoms with Gasteiger partial charge in [0.05, 0.1) is 12.1 Å². The van der Waals surface area contributed by atoms with Gasteiger partial charge >= 0.3 is 0 Å². The number of benzene rings is 1. The van der Waals surface area contributed by atoms with Crippen LogP contribution >= 0.6 is 0 Å². The van der Waals surface area contributed by atoms with Crippen LogP contribution in [-0.4, -0.2) is 14.8 Å². The van der Waals surface area contributed by atoms with Crippen LogP contribution in [0.4, 0.5) is 0 Å². The second kappa shape index (κ2) is 4.09. The zero-order valence-corrected chi connectivity index (χ0v) is 10.9. The summed E-state index contributed by atoms with van der Waals surface area (Å²) in [6.45, 7) is 3.46. The Bertz CT molecular complexity index is 856. The summed E-state index contributed by atoms with van der Waals surface area (Å²) in [5.41, 5.74) is 2.28. The number of fused-ring (bicyclic) bond motifs is 3.